The van der Waals surface area contributed by atoms with Gasteiger partial charge in [-0.05, 0) is 38.2 Å². The van der Waals surface area contributed by atoms with E-state index >= 15 is 0 Å². The summed E-state index contributed by atoms with van der Waals surface area (Å²) in [4.78, 5) is 22.6. The fourth-order valence-corrected chi connectivity index (χ4v) is 2.23. The number of alkyl carbamates (subject to hydrolysis) is 1. The lowest BCUT2D eigenvalue weighted by molar-refractivity contribution is -0.128. The molecule has 0 spiro atoms. The number of carbonyl (C=O) groups excluding carboxylic acids is 2. The molecular formula is C16H22N2O3. The van der Waals surface area contributed by atoms with Crippen LogP contribution >= 0.6 is 0 Å². The first-order valence-electron chi connectivity index (χ1n) is 7.44. The number of ether oxygens (including phenoxy) is 1. The van der Waals surface area contributed by atoms with Crippen molar-refractivity contribution in [2.45, 2.75) is 44.8 Å². The molecule has 2 N–H and O–H groups in total. The Labute approximate surface area is 125 Å². The Morgan fingerprint density at radius 3 is 2.76 bits per heavy atom. The lowest BCUT2D eigenvalue weighted by atomic mass is 10.1. The first-order chi connectivity index (χ1) is 10.1. The molecule has 5 nitrogen and oxygen atoms in total. The Kier molecular flexibility index (Phi) is 5.60. The SMILES string of the molecule is C[C@@H](CCCCc1ccccc1)OC(=O)N[C@H]1CNC1=O. The molecule has 1 saturated heterocycles. The van der Waals surface area contributed by atoms with Crippen molar-refractivity contribution in [3.63, 3.8) is 0 Å². The molecular weight excluding hydrogens is 268 g/mol. The average molecular weight is 290 g/mol. The van der Waals surface area contributed by atoms with E-state index in [1.165, 1.54) is 5.56 Å². The van der Waals surface area contributed by atoms with Crippen molar-refractivity contribution in [1.82, 2.24) is 10.6 Å². The van der Waals surface area contributed by atoms with Crippen LogP contribution in [0.5, 0.6) is 0 Å². The van der Waals surface area contributed by atoms with E-state index in [0.717, 1.165) is 25.7 Å². The molecule has 0 radical (unpaired) electrons. The third-order valence-electron chi connectivity index (χ3n) is 3.57. The van der Waals surface area contributed by atoms with E-state index in [2.05, 4.69) is 22.8 Å². The van der Waals surface area contributed by atoms with Crippen molar-refractivity contribution in [3.05, 3.63) is 35.9 Å². The van der Waals surface area contributed by atoms with Gasteiger partial charge in [-0.25, -0.2) is 4.79 Å². The minimum absolute atomic E-state index is 0.135. The van der Waals surface area contributed by atoms with Gasteiger partial charge < -0.3 is 15.4 Å². The summed E-state index contributed by atoms with van der Waals surface area (Å²) in [6, 6.07) is 9.92. The summed E-state index contributed by atoms with van der Waals surface area (Å²) in [5.41, 5.74) is 1.33. The van der Waals surface area contributed by atoms with Gasteiger partial charge in [-0.2, -0.15) is 0 Å². The number of nitrogens with one attached hydrogen (secondary N) is 2. The number of benzene rings is 1. The molecule has 0 saturated carbocycles. The minimum Gasteiger partial charge on any atom is -0.447 e. The van der Waals surface area contributed by atoms with E-state index < -0.39 is 12.1 Å². The quantitative estimate of drug-likeness (QED) is 0.596. The summed E-state index contributed by atoms with van der Waals surface area (Å²) in [6.07, 6.45) is 3.31. The number of rotatable bonds is 7. The van der Waals surface area contributed by atoms with Crippen LogP contribution in [0.15, 0.2) is 30.3 Å². The zero-order valence-electron chi connectivity index (χ0n) is 12.3. The van der Waals surface area contributed by atoms with Crippen molar-refractivity contribution in [2.24, 2.45) is 0 Å². The Morgan fingerprint density at radius 1 is 1.38 bits per heavy atom. The highest BCUT2D eigenvalue weighted by Gasteiger charge is 2.29. The van der Waals surface area contributed by atoms with Gasteiger partial charge in [0.05, 0.1) is 0 Å². The number of β-lactam (4-membered cyclic amide) rings is 1. The molecule has 1 aliphatic rings. The smallest absolute Gasteiger partial charge is 0.408 e. The zero-order chi connectivity index (χ0) is 15.1. The van der Waals surface area contributed by atoms with Crippen molar-refractivity contribution in [1.29, 1.82) is 0 Å². The lowest BCUT2D eigenvalue weighted by Gasteiger charge is -2.26. The molecule has 2 amide bonds. The second kappa shape index (κ2) is 7.67. The number of carbonyl (C=O) groups is 2. The topological polar surface area (TPSA) is 67.4 Å². The van der Waals surface area contributed by atoms with Crippen molar-refractivity contribution >= 4 is 12.0 Å². The number of aryl methyl sites for hydroxylation is 1. The van der Waals surface area contributed by atoms with Crippen LogP contribution in [0.4, 0.5) is 4.79 Å². The van der Waals surface area contributed by atoms with Crippen LogP contribution in [0.1, 0.15) is 31.7 Å². The minimum atomic E-state index is -0.509. The fraction of sp³-hybridized carbons (Fsp3) is 0.500. The predicted molar refractivity (Wildman–Crippen MR) is 79.9 cm³/mol. The summed E-state index contributed by atoms with van der Waals surface area (Å²) in [5, 5.41) is 5.11. The largest absolute Gasteiger partial charge is 0.447 e. The van der Waals surface area contributed by atoms with Crippen LogP contribution in [0.25, 0.3) is 0 Å². The first-order valence-corrected chi connectivity index (χ1v) is 7.44. The Morgan fingerprint density at radius 2 is 2.14 bits per heavy atom. The van der Waals surface area contributed by atoms with Crippen molar-refractivity contribution in [3.8, 4) is 0 Å². The van der Waals surface area contributed by atoms with E-state index in [1.54, 1.807) is 0 Å². The lowest BCUT2D eigenvalue weighted by Crippen LogP contribution is -2.61. The van der Waals surface area contributed by atoms with Crippen LogP contribution in [-0.4, -0.2) is 30.7 Å². The summed E-state index contributed by atoms with van der Waals surface area (Å²) in [6.45, 7) is 2.36. The Bertz CT molecular complexity index is 476. The fourth-order valence-electron chi connectivity index (χ4n) is 2.23. The molecule has 2 atom stereocenters. The molecule has 1 aliphatic heterocycles. The number of amides is 2. The molecule has 21 heavy (non-hydrogen) atoms. The van der Waals surface area contributed by atoms with Gasteiger partial charge in [0.15, 0.2) is 0 Å². The van der Waals surface area contributed by atoms with E-state index in [1.807, 2.05) is 25.1 Å². The molecule has 114 valence electrons. The second-order valence-electron chi connectivity index (χ2n) is 5.39. The van der Waals surface area contributed by atoms with E-state index in [9.17, 15) is 9.59 Å². The predicted octanol–water partition coefficient (Wildman–Crippen LogP) is 2.01. The van der Waals surface area contributed by atoms with Gasteiger partial charge in [0.1, 0.15) is 12.1 Å². The number of unbranched alkanes of at least 4 members (excludes halogenated alkanes) is 1. The van der Waals surface area contributed by atoms with Gasteiger partial charge >= 0.3 is 6.09 Å². The van der Waals surface area contributed by atoms with Crippen LogP contribution in [0.3, 0.4) is 0 Å². The monoisotopic (exact) mass is 290 g/mol. The number of hydrogen-bond donors (Lipinski definition) is 2. The third kappa shape index (κ3) is 5.10. The molecule has 0 aliphatic carbocycles. The maximum atomic E-state index is 11.5. The average Bonchev–Trinajstić information content (AvgIpc) is 2.49. The van der Waals surface area contributed by atoms with Crippen molar-refractivity contribution in [2.75, 3.05) is 6.54 Å². The van der Waals surface area contributed by atoms with Gasteiger partial charge in [0.25, 0.3) is 0 Å². The highest BCUT2D eigenvalue weighted by molar-refractivity contribution is 5.90. The highest BCUT2D eigenvalue weighted by atomic mass is 16.6. The van der Waals surface area contributed by atoms with Crippen LogP contribution in [-0.2, 0) is 16.0 Å². The molecule has 0 bridgehead atoms. The van der Waals surface area contributed by atoms with E-state index in [0.29, 0.717) is 6.54 Å². The molecule has 5 heteroatoms. The molecule has 1 fully saturated rings. The third-order valence-corrected chi connectivity index (χ3v) is 3.57. The molecule has 1 heterocycles. The zero-order valence-corrected chi connectivity index (χ0v) is 12.3. The van der Waals surface area contributed by atoms with Gasteiger partial charge in [-0.3, -0.25) is 4.79 Å². The van der Waals surface area contributed by atoms with Crippen molar-refractivity contribution < 1.29 is 14.3 Å². The highest BCUT2D eigenvalue weighted by Crippen LogP contribution is 2.09. The summed E-state index contributed by atoms with van der Waals surface area (Å²) in [7, 11) is 0. The Balaban J connectivity index is 1.55. The molecule has 0 unspecified atom stereocenters. The van der Waals surface area contributed by atoms with E-state index in [4.69, 9.17) is 4.74 Å². The summed E-state index contributed by atoms with van der Waals surface area (Å²) >= 11 is 0. The van der Waals surface area contributed by atoms with Crippen LogP contribution in [0.2, 0.25) is 0 Å². The molecule has 1 aromatic carbocycles. The van der Waals surface area contributed by atoms with Gasteiger partial charge in [-0.1, -0.05) is 30.3 Å². The number of hydrogen-bond acceptors (Lipinski definition) is 3. The first kappa shape index (κ1) is 15.4. The van der Waals surface area contributed by atoms with Crippen LogP contribution in [0, 0.1) is 0 Å². The standard InChI is InChI=1S/C16H22N2O3/c1-12(21-16(20)18-14-11-17-15(14)19)7-5-6-10-13-8-3-2-4-9-13/h2-4,8-9,12,14H,5-7,10-11H2,1H3,(H,17,19)(H,18,20)/t12-,14-/m0/s1. The van der Waals surface area contributed by atoms with Gasteiger partial charge in [0, 0.05) is 6.54 Å². The van der Waals surface area contributed by atoms with Crippen LogP contribution < -0.4 is 10.6 Å². The van der Waals surface area contributed by atoms with Gasteiger partial charge in [0.2, 0.25) is 5.91 Å². The summed E-state index contributed by atoms with van der Waals surface area (Å²) < 4.78 is 5.23. The van der Waals surface area contributed by atoms with Gasteiger partial charge in [-0.15, -0.1) is 0 Å². The molecule has 1 aromatic rings. The Hall–Kier alpha value is -2.04. The molecule has 0 aromatic heterocycles. The maximum Gasteiger partial charge on any atom is 0.408 e. The second-order valence-corrected chi connectivity index (χ2v) is 5.39. The maximum absolute atomic E-state index is 11.5. The molecule has 2 rings (SSSR count). The van der Waals surface area contributed by atoms with E-state index in [-0.39, 0.29) is 12.0 Å². The normalized spacial score (nSPS) is 18.3. The summed E-state index contributed by atoms with van der Waals surface area (Å²) in [5.74, 6) is -0.150.